The van der Waals surface area contributed by atoms with Gasteiger partial charge in [-0.05, 0) is 61.1 Å². The van der Waals surface area contributed by atoms with Crippen molar-refractivity contribution in [2.75, 3.05) is 21.3 Å². The van der Waals surface area contributed by atoms with E-state index >= 15 is 0 Å². The van der Waals surface area contributed by atoms with Crippen molar-refractivity contribution >= 4 is 0 Å². The molecule has 2 aromatic carbocycles. The summed E-state index contributed by atoms with van der Waals surface area (Å²) in [6, 6.07) is 17.4. The van der Waals surface area contributed by atoms with Gasteiger partial charge in [-0.25, -0.2) is 0 Å². The average Bonchev–Trinajstić information content (AvgIpc) is 2.80. The predicted octanol–water partition coefficient (Wildman–Crippen LogP) is 4.09. The largest absolute Gasteiger partial charge is 0.497 e. The monoisotopic (exact) mass is 406 g/mol. The molecule has 1 aliphatic carbocycles. The van der Waals surface area contributed by atoms with Crippen molar-refractivity contribution in [2.24, 2.45) is 0 Å². The first kappa shape index (κ1) is 21.5. The van der Waals surface area contributed by atoms with Crippen LogP contribution < -0.4 is 14.2 Å². The highest BCUT2D eigenvalue weighted by atomic mass is 16.5. The molecular formula is C24H26N2O4. The summed E-state index contributed by atoms with van der Waals surface area (Å²) in [5, 5.41) is 31.2. The number of methoxy groups -OCH3 is 3. The van der Waals surface area contributed by atoms with Gasteiger partial charge in [0.05, 0.1) is 50.4 Å². The van der Waals surface area contributed by atoms with E-state index in [1.54, 1.807) is 39.5 Å². The average molecular weight is 406 g/mol. The van der Waals surface area contributed by atoms with Crippen molar-refractivity contribution in [1.82, 2.24) is 0 Å². The van der Waals surface area contributed by atoms with E-state index in [1.807, 2.05) is 24.3 Å². The molecule has 0 bridgehead atoms. The van der Waals surface area contributed by atoms with Crippen LogP contribution in [0.25, 0.3) is 0 Å². The maximum atomic E-state index is 11.4. The van der Waals surface area contributed by atoms with Crippen molar-refractivity contribution in [3.8, 4) is 29.4 Å². The standard InChI is InChI=1S/C24H26N2O4/c1-28-19-7-4-17(5-8-19)20(15-25)24(27)12-10-23(16-26,11-13-24)18-6-9-21(29-2)22(14-18)30-3/h4-9,14,20,27H,10-13H2,1-3H3. The van der Waals surface area contributed by atoms with Crippen LogP contribution >= 0.6 is 0 Å². The lowest BCUT2D eigenvalue weighted by molar-refractivity contribution is -0.0194. The van der Waals surface area contributed by atoms with Gasteiger partial charge in [0, 0.05) is 0 Å². The lowest BCUT2D eigenvalue weighted by Crippen LogP contribution is -2.44. The van der Waals surface area contributed by atoms with E-state index in [9.17, 15) is 15.6 Å². The number of hydrogen-bond acceptors (Lipinski definition) is 6. The molecule has 156 valence electrons. The first-order chi connectivity index (χ1) is 14.4. The van der Waals surface area contributed by atoms with E-state index in [2.05, 4.69) is 12.1 Å². The summed E-state index contributed by atoms with van der Waals surface area (Å²) in [4.78, 5) is 0. The smallest absolute Gasteiger partial charge is 0.161 e. The predicted molar refractivity (Wildman–Crippen MR) is 112 cm³/mol. The highest BCUT2D eigenvalue weighted by molar-refractivity contribution is 5.47. The number of nitriles is 2. The van der Waals surface area contributed by atoms with Crippen molar-refractivity contribution in [3.05, 3.63) is 53.6 Å². The van der Waals surface area contributed by atoms with Crippen LogP contribution in [0.15, 0.2) is 42.5 Å². The third-order valence-electron chi connectivity index (χ3n) is 6.24. The van der Waals surface area contributed by atoms with Gasteiger partial charge in [0.2, 0.25) is 0 Å². The lowest BCUT2D eigenvalue weighted by atomic mass is 9.62. The van der Waals surface area contributed by atoms with E-state index in [-0.39, 0.29) is 0 Å². The summed E-state index contributed by atoms with van der Waals surface area (Å²) in [6.45, 7) is 0. The highest BCUT2D eigenvalue weighted by Crippen LogP contribution is 2.49. The number of rotatable bonds is 6. The number of hydrogen-bond donors (Lipinski definition) is 1. The molecule has 0 amide bonds. The number of ether oxygens (including phenoxy) is 3. The Morgan fingerprint density at radius 2 is 1.50 bits per heavy atom. The molecular weight excluding hydrogens is 380 g/mol. The summed E-state index contributed by atoms with van der Waals surface area (Å²) in [5.41, 5.74) is -0.356. The van der Waals surface area contributed by atoms with Gasteiger partial charge < -0.3 is 19.3 Å². The molecule has 1 saturated carbocycles. The van der Waals surface area contributed by atoms with Gasteiger partial charge in [0.1, 0.15) is 5.75 Å². The number of benzene rings is 2. The fourth-order valence-corrected chi connectivity index (χ4v) is 4.30. The zero-order chi connectivity index (χ0) is 21.8. The van der Waals surface area contributed by atoms with E-state index in [0.717, 1.165) is 11.1 Å². The molecule has 0 radical (unpaired) electrons. The minimum Gasteiger partial charge on any atom is -0.497 e. The van der Waals surface area contributed by atoms with Gasteiger partial charge in [-0.1, -0.05) is 18.2 Å². The maximum Gasteiger partial charge on any atom is 0.161 e. The first-order valence-corrected chi connectivity index (χ1v) is 9.85. The Balaban J connectivity index is 1.86. The molecule has 0 aliphatic heterocycles. The minimum absolute atomic E-state index is 0.346. The van der Waals surface area contributed by atoms with Gasteiger partial charge >= 0.3 is 0 Å². The Bertz CT molecular complexity index is 964. The Labute approximate surface area is 177 Å². The molecule has 1 fully saturated rings. The molecule has 1 atom stereocenters. The van der Waals surface area contributed by atoms with Crippen LogP contribution in [0.3, 0.4) is 0 Å². The summed E-state index contributed by atoms with van der Waals surface area (Å²) in [5.74, 6) is 1.19. The van der Waals surface area contributed by atoms with Crippen LogP contribution in [0, 0.1) is 22.7 Å². The Kier molecular flexibility index (Phi) is 6.20. The summed E-state index contributed by atoms with van der Waals surface area (Å²) in [6.07, 6.45) is 1.59. The molecule has 3 rings (SSSR count). The molecule has 0 spiro atoms. The van der Waals surface area contributed by atoms with Gasteiger partial charge in [0.15, 0.2) is 11.5 Å². The zero-order valence-corrected chi connectivity index (χ0v) is 17.5. The van der Waals surface area contributed by atoms with E-state index < -0.39 is 16.9 Å². The van der Waals surface area contributed by atoms with Crippen LogP contribution in [0.5, 0.6) is 17.2 Å². The highest BCUT2D eigenvalue weighted by Gasteiger charge is 2.47. The molecule has 2 aromatic rings. The van der Waals surface area contributed by atoms with Gasteiger partial charge in [-0.3, -0.25) is 0 Å². The van der Waals surface area contributed by atoms with Crippen molar-refractivity contribution in [3.63, 3.8) is 0 Å². The second-order valence-electron chi connectivity index (χ2n) is 7.70. The SMILES string of the molecule is COc1ccc(C(C#N)C2(O)CCC(C#N)(c3ccc(OC)c(OC)c3)CC2)cc1. The second-order valence-corrected chi connectivity index (χ2v) is 7.70. The van der Waals surface area contributed by atoms with Crippen LogP contribution in [0.1, 0.15) is 42.7 Å². The first-order valence-electron chi connectivity index (χ1n) is 9.85. The third kappa shape index (κ3) is 3.79. The van der Waals surface area contributed by atoms with Gasteiger partial charge in [0.25, 0.3) is 0 Å². The molecule has 1 unspecified atom stereocenters. The normalized spacial score (nSPS) is 24.2. The van der Waals surface area contributed by atoms with Crippen LogP contribution in [0.2, 0.25) is 0 Å². The van der Waals surface area contributed by atoms with E-state index in [4.69, 9.17) is 14.2 Å². The third-order valence-corrected chi connectivity index (χ3v) is 6.24. The Hall–Kier alpha value is -3.22. The summed E-state index contributed by atoms with van der Waals surface area (Å²) < 4.78 is 15.9. The Morgan fingerprint density at radius 3 is 2.00 bits per heavy atom. The molecule has 0 saturated heterocycles. The quantitative estimate of drug-likeness (QED) is 0.776. The van der Waals surface area contributed by atoms with Crippen molar-refractivity contribution in [2.45, 2.75) is 42.6 Å². The number of aliphatic hydroxyl groups is 1. The minimum atomic E-state index is -1.19. The van der Waals surface area contributed by atoms with Gasteiger partial charge in [-0.15, -0.1) is 0 Å². The van der Waals surface area contributed by atoms with E-state index in [1.165, 1.54) is 0 Å². The molecule has 1 aliphatic rings. The maximum absolute atomic E-state index is 11.4. The topological polar surface area (TPSA) is 95.5 Å². The molecule has 6 heteroatoms. The molecule has 0 aromatic heterocycles. The molecule has 6 nitrogen and oxygen atoms in total. The molecule has 30 heavy (non-hydrogen) atoms. The molecule has 0 heterocycles. The van der Waals surface area contributed by atoms with Crippen molar-refractivity contribution in [1.29, 1.82) is 10.5 Å². The van der Waals surface area contributed by atoms with Crippen LogP contribution in [-0.4, -0.2) is 32.0 Å². The summed E-state index contributed by atoms with van der Waals surface area (Å²) in [7, 11) is 4.72. The van der Waals surface area contributed by atoms with Crippen molar-refractivity contribution < 1.29 is 19.3 Å². The summed E-state index contributed by atoms with van der Waals surface area (Å²) >= 11 is 0. The van der Waals surface area contributed by atoms with E-state index in [0.29, 0.717) is 42.9 Å². The number of nitrogens with zero attached hydrogens (tertiary/aromatic N) is 2. The fourth-order valence-electron chi connectivity index (χ4n) is 4.30. The van der Waals surface area contributed by atoms with Crippen LogP contribution in [-0.2, 0) is 5.41 Å². The zero-order valence-electron chi connectivity index (χ0n) is 17.5. The fraction of sp³-hybridized carbons (Fsp3) is 0.417. The second kappa shape index (κ2) is 8.65. The van der Waals surface area contributed by atoms with Crippen LogP contribution in [0.4, 0.5) is 0 Å². The lowest BCUT2D eigenvalue weighted by Gasteiger charge is -2.42. The molecule has 1 N–H and O–H groups in total. The Morgan fingerprint density at radius 1 is 0.867 bits per heavy atom. The van der Waals surface area contributed by atoms with Gasteiger partial charge in [-0.2, -0.15) is 10.5 Å².